The molecule has 2 N–H and O–H groups in total. The number of para-hydroxylation sites is 2. The van der Waals surface area contributed by atoms with Crippen LogP contribution in [-0.4, -0.2) is 35.5 Å². The summed E-state index contributed by atoms with van der Waals surface area (Å²) < 4.78 is 53.1. The van der Waals surface area contributed by atoms with E-state index in [1.165, 1.54) is 28.6 Å². The molecule has 3 aromatic rings. The summed E-state index contributed by atoms with van der Waals surface area (Å²) in [6.45, 7) is 0.154. The Balaban J connectivity index is 1.57. The molecule has 0 heterocycles. The fraction of sp³-hybridized carbons (Fsp3) is 0.174. The van der Waals surface area contributed by atoms with Crippen LogP contribution < -0.4 is 14.3 Å². The average Bonchev–Trinajstić information content (AvgIpc) is 2.78. The third-order valence-corrected chi connectivity index (χ3v) is 7.68. The van der Waals surface area contributed by atoms with Gasteiger partial charge < -0.3 is 5.32 Å². The van der Waals surface area contributed by atoms with Crippen LogP contribution in [0.3, 0.4) is 0 Å². The van der Waals surface area contributed by atoms with Gasteiger partial charge >= 0.3 is 0 Å². The van der Waals surface area contributed by atoms with Crippen molar-refractivity contribution in [3.05, 3.63) is 83.9 Å². The molecule has 0 bridgehead atoms. The Bertz CT molecular complexity index is 1350. The molecule has 0 atom stereocenters. The fourth-order valence-corrected chi connectivity index (χ4v) is 5.44. The zero-order valence-electron chi connectivity index (χ0n) is 18.3. The first-order chi connectivity index (χ1) is 16.1. The molecule has 0 aliphatic carbocycles. The predicted octanol–water partition coefficient (Wildman–Crippen LogP) is 4.33. The zero-order chi connectivity index (χ0) is 24.8. The normalized spacial score (nSPS) is 11.6. The van der Waals surface area contributed by atoms with Crippen molar-refractivity contribution in [2.24, 2.45) is 0 Å². The van der Waals surface area contributed by atoms with Crippen LogP contribution >= 0.6 is 11.6 Å². The van der Waals surface area contributed by atoms with E-state index >= 15 is 0 Å². The van der Waals surface area contributed by atoms with Crippen molar-refractivity contribution in [1.29, 1.82) is 0 Å². The summed E-state index contributed by atoms with van der Waals surface area (Å²) in [5.74, 6) is -0.314. The number of anilines is 3. The van der Waals surface area contributed by atoms with Gasteiger partial charge in [-0.05, 0) is 55.0 Å². The Labute approximate surface area is 204 Å². The predicted molar refractivity (Wildman–Crippen MR) is 135 cm³/mol. The number of sulfonamides is 2. The first-order valence-corrected chi connectivity index (χ1v) is 14.0. The molecule has 8 nitrogen and oxygen atoms in total. The van der Waals surface area contributed by atoms with Gasteiger partial charge in [-0.15, -0.1) is 0 Å². The molecule has 0 radical (unpaired) electrons. The molecule has 0 aliphatic heterocycles. The van der Waals surface area contributed by atoms with Crippen LogP contribution in [0.1, 0.15) is 12.8 Å². The molecule has 0 fully saturated rings. The number of nitrogens with zero attached hydrogens (tertiary/aromatic N) is 1. The largest absolute Gasteiger partial charge is 0.326 e. The molecule has 1 amide bonds. The smallest absolute Gasteiger partial charge is 0.261 e. The van der Waals surface area contributed by atoms with E-state index in [-0.39, 0.29) is 34.5 Å². The molecular weight excluding hydrogens is 498 g/mol. The van der Waals surface area contributed by atoms with Gasteiger partial charge in [0.25, 0.3) is 10.0 Å². The number of rotatable bonds is 10. The van der Waals surface area contributed by atoms with Crippen LogP contribution in [0.5, 0.6) is 0 Å². The number of amides is 1. The summed E-state index contributed by atoms with van der Waals surface area (Å²) in [4.78, 5) is 12.3. The summed E-state index contributed by atoms with van der Waals surface area (Å²) in [5.41, 5.74) is 1.22. The molecule has 0 saturated heterocycles. The molecule has 0 saturated carbocycles. The third kappa shape index (κ3) is 6.96. The number of benzene rings is 3. The summed E-state index contributed by atoms with van der Waals surface area (Å²) in [5, 5.41) is 2.96. The molecule has 3 rings (SSSR count). The van der Waals surface area contributed by atoms with Crippen molar-refractivity contribution >= 4 is 54.6 Å². The SMILES string of the molecule is CS(=O)(=O)N(CCCC(=O)Nc1ccc(S(=O)(=O)Nc2ccccc2Cl)cc1)c1ccccc1. The van der Waals surface area contributed by atoms with E-state index in [0.717, 1.165) is 6.26 Å². The second-order valence-electron chi connectivity index (χ2n) is 7.43. The van der Waals surface area contributed by atoms with Gasteiger partial charge in [-0.2, -0.15) is 0 Å². The molecule has 0 aromatic heterocycles. The van der Waals surface area contributed by atoms with Crippen LogP contribution in [-0.2, 0) is 24.8 Å². The van der Waals surface area contributed by atoms with E-state index in [9.17, 15) is 21.6 Å². The highest BCUT2D eigenvalue weighted by molar-refractivity contribution is 7.92. The molecule has 0 spiro atoms. The zero-order valence-corrected chi connectivity index (χ0v) is 20.7. The minimum absolute atomic E-state index is 0.0112. The van der Waals surface area contributed by atoms with Gasteiger partial charge in [-0.25, -0.2) is 16.8 Å². The maximum Gasteiger partial charge on any atom is 0.261 e. The van der Waals surface area contributed by atoms with Gasteiger partial charge in [0.1, 0.15) is 0 Å². The number of hydrogen-bond donors (Lipinski definition) is 2. The van der Waals surface area contributed by atoms with Crippen molar-refractivity contribution in [2.45, 2.75) is 17.7 Å². The van der Waals surface area contributed by atoms with E-state index < -0.39 is 20.0 Å². The van der Waals surface area contributed by atoms with E-state index in [0.29, 0.717) is 17.8 Å². The van der Waals surface area contributed by atoms with Gasteiger partial charge in [-0.1, -0.05) is 41.9 Å². The third-order valence-electron chi connectivity index (χ3n) is 4.78. The van der Waals surface area contributed by atoms with Crippen molar-refractivity contribution in [3.63, 3.8) is 0 Å². The highest BCUT2D eigenvalue weighted by Crippen LogP contribution is 2.24. The minimum Gasteiger partial charge on any atom is -0.326 e. The Hall–Kier alpha value is -3.08. The number of hydrogen-bond acceptors (Lipinski definition) is 5. The van der Waals surface area contributed by atoms with Crippen molar-refractivity contribution in [1.82, 2.24) is 0 Å². The second kappa shape index (κ2) is 10.9. The fourth-order valence-electron chi connectivity index (χ4n) is 3.15. The average molecular weight is 522 g/mol. The van der Waals surface area contributed by atoms with Gasteiger partial charge in [0.2, 0.25) is 15.9 Å². The van der Waals surface area contributed by atoms with Crippen molar-refractivity contribution < 1.29 is 21.6 Å². The molecule has 34 heavy (non-hydrogen) atoms. The van der Waals surface area contributed by atoms with Gasteiger partial charge in [0, 0.05) is 18.7 Å². The lowest BCUT2D eigenvalue weighted by molar-refractivity contribution is -0.116. The van der Waals surface area contributed by atoms with Crippen LogP contribution in [0.25, 0.3) is 0 Å². The first-order valence-electron chi connectivity index (χ1n) is 10.3. The second-order valence-corrected chi connectivity index (χ2v) is 11.4. The van der Waals surface area contributed by atoms with E-state index in [4.69, 9.17) is 11.6 Å². The maximum absolute atomic E-state index is 12.6. The Morgan fingerprint density at radius 1 is 0.882 bits per heavy atom. The Morgan fingerprint density at radius 3 is 2.12 bits per heavy atom. The van der Waals surface area contributed by atoms with E-state index in [1.54, 1.807) is 54.6 Å². The summed E-state index contributed by atoms with van der Waals surface area (Å²) in [6, 6.07) is 20.8. The van der Waals surface area contributed by atoms with Crippen molar-refractivity contribution in [2.75, 3.05) is 27.1 Å². The van der Waals surface area contributed by atoms with Crippen LogP contribution in [0.15, 0.2) is 83.8 Å². The summed E-state index contributed by atoms with van der Waals surface area (Å²) in [7, 11) is -7.34. The van der Waals surface area contributed by atoms with Crippen LogP contribution in [0.4, 0.5) is 17.1 Å². The highest BCUT2D eigenvalue weighted by atomic mass is 35.5. The standard InChI is InChI=1S/C23H24ClN3O5S2/c1-33(29,30)27(19-8-3-2-4-9-19)17-7-12-23(28)25-18-13-15-20(16-14-18)34(31,32)26-22-11-6-5-10-21(22)24/h2-6,8-11,13-16,26H,7,12,17H2,1H3,(H,25,28). The Morgan fingerprint density at radius 2 is 1.50 bits per heavy atom. The van der Waals surface area contributed by atoms with Crippen molar-refractivity contribution in [3.8, 4) is 0 Å². The van der Waals surface area contributed by atoms with Gasteiger partial charge in [0.05, 0.1) is 27.5 Å². The minimum atomic E-state index is -3.85. The van der Waals surface area contributed by atoms with Crippen LogP contribution in [0.2, 0.25) is 5.02 Å². The summed E-state index contributed by atoms with van der Waals surface area (Å²) in [6.07, 6.45) is 1.52. The van der Waals surface area contributed by atoms with Gasteiger partial charge in [-0.3, -0.25) is 13.8 Å². The number of carbonyl (C=O) groups is 1. The lowest BCUT2D eigenvalue weighted by Gasteiger charge is -2.22. The number of halogens is 1. The summed E-state index contributed by atoms with van der Waals surface area (Å²) >= 11 is 6.01. The van der Waals surface area contributed by atoms with E-state index in [1.807, 2.05) is 0 Å². The number of carbonyl (C=O) groups excluding carboxylic acids is 1. The molecule has 11 heteroatoms. The maximum atomic E-state index is 12.6. The lowest BCUT2D eigenvalue weighted by atomic mass is 10.2. The molecule has 0 unspecified atom stereocenters. The highest BCUT2D eigenvalue weighted by Gasteiger charge is 2.18. The van der Waals surface area contributed by atoms with E-state index in [2.05, 4.69) is 10.0 Å². The first kappa shape index (κ1) is 25.5. The van der Waals surface area contributed by atoms with Gasteiger partial charge in [0.15, 0.2) is 0 Å². The molecular formula is C23H24ClN3O5S2. The Kier molecular flexibility index (Phi) is 8.19. The van der Waals surface area contributed by atoms with Crippen LogP contribution in [0, 0.1) is 0 Å². The molecule has 180 valence electrons. The molecule has 0 aliphatic rings. The molecule has 3 aromatic carbocycles. The lowest BCUT2D eigenvalue weighted by Crippen LogP contribution is -2.31. The number of nitrogens with one attached hydrogen (secondary N) is 2. The topological polar surface area (TPSA) is 113 Å². The monoisotopic (exact) mass is 521 g/mol. The quantitative estimate of drug-likeness (QED) is 0.412.